The molecule has 9 nitrogen and oxygen atoms in total. The molecular formula is C17H24ClN5O4. The van der Waals surface area contributed by atoms with Crippen molar-refractivity contribution < 1.29 is 14.4 Å². The lowest BCUT2D eigenvalue weighted by Crippen LogP contribution is -2.46. The van der Waals surface area contributed by atoms with E-state index in [1.165, 1.54) is 6.92 Å². The molecule has 10 heteroatoms. The van der Waals surface area contributed by atoms with Crippen molar-refractivity contribution in [3.8, 4) is 0 Å². The van der Waals surface area contributed by atoms with Crippen molar-refractivity contribution in [2.45, 2.75) is 32.4 Å². The van der Waals surface area contributed by atoms with Gasteiger partial charge in [-0.15, -0.1) is 16.5 Å². The Morgan fingerprint density at radius 2 is 1.89 bits per heavy atom. The van der Waals surface area contributed by atoms with Gasteiger partial charge in [-0.05, 0) is 18.4 Å². The van der Waals surface area contributed by atoms with Gasteiger partial charge < -0.3 is 16.0 Å². The van der Waals surface area contributed by atoms with Crippen LogP contribution in [0.15, 0.2) is 35.6 Å². The standard InChI is InChI=1S/C17H24ClN5O4/c1-13(24)21-15(16(25)20-12-14-6-3-2-4-7-14)8-5-10-19-17(26)23(22-27)11-9-18/h2-4,6-7,15H,5,8-12H2,1H3,(H,19,26)(H,20,25)(H,21,24)/t15-/m0/s1. The number of halogens is 1. The normalized spacial score (nSPS) is 11.2. The topological polar surface area (TPSA) is 120 Å². The third-order valence-electron chi connectivity index (χ3n) is 3.58. The van der Waals surface area contributed by atoms with E-state index >= 15 is 0 Å². The van der Waals surface area contributed by atoms with Gasteiger partial charge in [0.2, 0.25) is 11.8 Å². The molecular weight excluding hydrogens is 374 g/mol. The number of nitrogens with zero attached hydrogens (tertiary/aromatic N) is 2. The van der Waals surface area contributed by atoms with Gasteiger partial charge in [0.25, 0.3) is 0 Å². The molecule has 0 fully saturated rings. The van der Waals surface area contributed by atoms with E-state index in [1.54, 1.807) is 0 Å². The summed E-state index contributed by atoms with van der Waals surface area (Å²) in [6.07, 6.45) is 0.744. The minimum absolute atomic E-state index is 0.00724. The van der Waals surface area contributed by atoms with Gasteiger partial charge in [-0.2, -0.15) is 5.01 Å². The maximum absolute atomic E-state index is 12.3. The molecule has 27 heavy (non-hydrogen) atoms. The van der Waals surface area contributed by atoms with Crippen molar-refractivity contribution in [2.75, 3.05) is 19.0 Å². The van der Waals surface area contributed by atoms with E-state index in [9.17, 15) is 19.3 Å². The first-order chi connectivity index (χ1) is 13.0. The first-order valence-electron chi connectivity index (χ1n) is 8.51. The van der Waals surface area contributed by atoms with Gasteiger partial charge in [0.05, 0.1) is 11.8 Å². The SMILES string of the molecule is CC(=O)N[C@@H](CCCNC(=O)N(CCCl)N=O)C(=O)NCc1ccccc1. The number of hydrogen-bond donors (Lipinski definition) is 3. The van der Waals surface area contributed by atoms with Gasteiger partial charge in [0.15, 0.2) is 0 Å². The maximum atomic E-state index is 12.3. The van der Waals surface area contributed by atoms with Gasteiger partial charge >= 0.3 is 6.03 Å². The molecule has 4 amide bonds. The maximum Gasteiger partial charge on any atom is 0.340 e. The highest BCUT2D eigenvalue weighted by atomic mass is 35.5. The highest BCUT2D eigenvalue weighted by Crippen LogP contribution is 2.01. The predicted octanol–water partition coefficient (Wildman–Crippen LogP) is 1.52. The Balaban J connectivity index is 2.44. The zero-order chi connectivity index (χ0) is 20.1. The Hall–Kier alpha value is -2.68. The summed E-state index contributed by atoms with van der Waals surface area (Å²) in [5, 5.41) is 11.2. The molecule has 148 valence electrons. The number of alkyl halides is 1. The van der Waals surface area contributed by atoms with Crippen molar-refractivity contribution in [3.63, 3.8) is 0 Å². The summed E-state index contributed by atoms with van der Waals surface area (Å²) in [5.41, 5.74) is 0.945. The number of hydrogen-bond acceptors (Lipinski definition) is 5. The number of nitrogens with one attached hydrogen (secondary N) is 3. The number of carbonyl (C=O) groups is 3. The summed E-state index contributed by atoms with van der Waals surface area (Å²) >= 11 is 5.47. The highest BCUT2D eigenvalue weighted by Gasteiger charge is 2.19. The Morgan fingerprint density at radius 1 is 1.19 bits per heavy atom. The van der Waals surface area contributed by atoms with Crippen LogP contribution in [0.4, 0.5) is 4.79 Å². The fourth-order valence-electron chi connectivity index (χ4n) is 2.27. The first kappa shape index (κ1) is 22.4. The molecule has 1 aromatic rings. The van der Waals surface area contributed by atoms with Gasteiger partial charge in [-0.3, -0.25) is 9.59 Å². The molecule has 1 rings (SSSR count). The third-order valence-corrected chi connectivity index (χ3v) is 3.75. The average Bonchev–Trinajstić information content (AvgIpc) is 2.66. The molecule has 1 atom stereocenters. The van der Waals surface area contributed by atoms with Crippen LogP contribution in [0, 0.1) is 4.91 Å². The molecule has 0 spiro atoms. The highest BCUT2D eigenvalue weighted by molar-refractivity contribution is 6.18. The monoisotopic (exact) mass is 397 g/mol. The zero-order valence-corrected chi connectivity index (χ0v) is 15.9. The minimum Gasteiger partial charge on any atom is -0.350 e. The van der Waals surface area contributed by atoms with Gasteiger partial charge in [0, 0.05) is 25.9 Å². The predicted molar refractivity (Wildman–Crippen MR) is 102 cm³/mol. The van der Waals surface area contributed by atoms with E-state index in [2.05, 4.69) is 21.2 Å². The van der Waals surface area contributed by atoms with Crippen LogP contribution in [0.2, 0.25) is 0 Å². The number of urea groups is 1. The molecule has 0 saturated carbocycles. The summed E-state index contributed by atoms with van der Waals surface area (Å²) in [6.45, 7) is 1.91. The lowest BCUT2D eigenvalue weighted by Gasteiger charge is -2.18. The number of benzene rings is 1. The van der Waals surface area contributed by atoms with Crippen molar-refractivity contribution in [3.05, 3.63) is 40.8 Å². The van der Waals surface area contributed by atoms with Crippen molar-refractivity contribution in [2.24, 2.45) is 5.29 Å². The van der Waals surface area contributed by atoms with Crippen LogP contribution in [0.5, 0.6) is 0 Å². The smallest absolute Gasteiger partial charge is 0.340 e. The van der Waals surface area contributed by atoms with Crippen LogP contribution < -0.4 is 16.0 Å². The summed E-state index contributed by atoms with van der Waals surface area (Å²) in [4.78, 5) is 45.9. The quantitative estimate of drug-likeness (QED) is 0.227. The molecule has 0 aliphatic heterocycles. The van der Waals surface area contributed by atoms with E-state index in [1.807, 2.05) is 30.3 Å². The lowest BCUT2D eigenvalue weighted by molar-refractivity contribution is -0.128. The van der Waals surface area contributed by atoms with E-state index in [0.717, 1.165) is 5.56 Å². The molecule has 1 aromatic carbocycles. The van der Waals surface area contributed by atoms with Gasteiger partial charge in [0.1, 0.15) is 6.04 Å². The van der Waals surface area contributed by atoms with Crippen LogP contribution in [0.3, 0.4) is 0 Å². The minimum atomic E-state index is -0.716. The Kier molecular flexibility index (Phi) is 10.5. The number of carbonyl (C=O) groups excluding carboxylic acids is 3. The van der Waals surface area contributed by atoms with Gasteiger partial charge in [-0.1, -0.05) is 30.3 Å². The first-order valence-corrected chi connectivity index (χ1v) is 9.04. The molecule has 0 saturated heterocycles. The molecule has 0 aliphatic carbocycles. The number of amides is 4. The number of rotatable bonds is 11. The Bertz CT molecular complexity index is 629. The van der Waals surface area contributed by atoms with E-state index < -0.39 is 12.1 Å². The summed E-state index contributed by atoms with van der Waals surface area (Å²) < 4.78 is 0. The largest absolute Gasteiger partial charge is 0.350 e. The van der Waals surface area contributed by atoms with Crippen LogP contribution in [0.1, 0.15) is 25.3 Å². The Labute approximate surface area is 162 Å². The van der Waals surface area contributed by atoms with E-state index in [4.69, 9.17) is 11.6 Å². The van der Waals surface area contributed by atoms with Crippen LogP contribution in [0.25, 0.3) is 0 Å². The fraction of sp³-hybridized carbons (Fsp3) is 0.471. The summed E-state index contributed by atoms with van der Waals surface area (Å²) in [5.74, 6) is -0.540. The molecule has 0 aromatic heterocycles. The molecule has 3 N–H and O–H groups in total. The van der Waals surface area contributed by atoms with Crippen molar-refractivity contribution >= 4 is 29.4 Å². The summed E-state index contributed by atoms with van der Waals surface area (Å²) in [6, 6.07) is 8.03. The van der Waals surface area contributed by atoms with Crippen LogP contribution in [-0.2, 0) is 16.1 Å². The van der Waals surface area contributed by atoms with Crippen LogP contribution in [-0.4, -0.2) is 47.9 Å². The Morgan fingerprint density at radius 3 is 2.48 bits per heavy atom. The van der Waals surface area contributed by atoms with E-state index in [0.29, 0.717) is 24.4 Å². The molecule has 0 bridgehead atoms. The van der Waals surface area contributed by atoms with E-state index in [-0.39, 0.29) is 30.8 Å². The van der Waals surface area contributed by atoms with Gasteiger partial charge in [-0.25, -0.2) is 4.79 Å². The molecule has 0 heterocycles. The second kappa shape index (κ2) is 12.6. The molecule has 0 unspecified atom stereocenters. The second-order valence-corrected chi connectivity index (χ2v) is 6.10. The van der Waals surface area contributed by atoms with Crippen LogP contribution >= 0.6 is 11.6 Å². The second-order valence-electron chi connectivity index (χ2n) is 5.72. The average molecular weight is 398 g/mol. The van der Waals surface area contributed by atoms with Crippen molar-refractivity contribution in [1.82, 2.24) is 21.0 Å². The molecule has 0 aliphatic rings. The third kappa shape index (κ3) is 9.00. The zero-order valence-electron chi connectivity index (χ0n) is 15.1. The molecule has 0 radical (unpaired) electrons. The fourth-order valence-corrected chi connectivity index (χ4v) is 2.43. The lowest BCUT2D eigenvalue weighted by atomic mass is 10.1. The van der Waals surface area contributed by atoms with Crippen molar-refractivity contribution in [1.29, 1.82) is 0 Å². The number of nitroso groups, excluding NO2 is 1. The summed E-state index contributed by atoms with van der Waals surface area (Å²) in [7, 11) is 0.